The first-order valence-electron chi connectivity index (χ1n) is 22.3. The molecule has 7 heterocycles. The third-order valence-electron chi connectivity index (χ3n) is 13.3. The number of aromatic nitrogens is 2. The van der Waals surface area contributed by atoms with Gasteiger partial charge in [-0.15, -0.1) is 6.42 Å². The predicted molar refractivity (Wildman–Crippen MR) is 246 cm³/mol. The molecule has 16 heteroatoms. The van der Waals surface area contributed by atoms with Gasteiger partial charge in [0.2, 0.25) is 31.3 Å². The number of terminal acetylenes is 1. The number of hydrogen-bond acceptors (Lipinski definition) is 11. The summed E-state index contributed by atoms with van der Waals surface area (Å²) in [5.41, 5.74) is 6.70. The van der Waals surface area contributed by atoms with E-state index in [9.17, 15) is 19.2 Å². The molecule has 0 aliphatic carbocycles. The van der Waals surface area contributed by atoms with Gasteiger partial charge in [0.05, 0.1) is 25.3 Å². The van der Waals surface area contributed by atoms with Gasteiger partial charge in [-0.1, -0.05) is 43.3 Å². The molecule has 4 atom stereocenters. The number of esters is 1. The van der Waals surface area contributed by atoms with Crippen molar-refractivity contribution < 1.29 is 52.3 Å². The van der Waals surface area contributed by atoms with Gasteiger partial charge >= 0.3 is 5.97 Å². The fourth-order valence-electron chi connectivity index (χ4n) is 10.2. The third kappa shape index (κ3) is 7.22. The summed E-state index contributed by atoms with van der Waals surface area (Å²) in [6, 6.07) is 18.8. The van der Waals surface area contributed by atoms with Crippen LogP contribution in [0, 0.1) is 12.3 Å². The van der Waals surface area contributed by atoms with Crippen LogP contribution in [0.3, 0.4) is 0 Å². The third-order valence-corrected chi connectivity index (χ3v) is 13.3. The van der Waals surface area contributed by atoms with Crippen LogP contribution in [0.25, 0.3) is 21.8 Å². The van der Waals surface area contributed by atoms with Gasteiger partial charge in [-0.25, -0.2) is 4.79 Å². The van der Waals surface area contributed by atoms with Gasteiger partial charge in [0.15, 0.2) is 23.0 Å². The maximum atomic E-state index is 14.6. The maximum absolute atomic E-state index is 14.6. The number of carbonyl (C=O) groups excluding carboxylic acids is 4. The molecule has 0 bridgehead atoms. The van der Waals surface area contributed by atoms with Crippen LogP contribution < -0.4 is 23.7 Å². The Kier molecular flexibility index (Phi) is 10.8. The van der Waals surface area contributed by atoms with Crippen molar-refractivity contribution in [3.05, 3.63) is 137 Å². The fraction of sp³-hybridized carbons (Fsp3) is 0.269. The van der Waals surface area contributed by atoms with Gasteiger partial charge in [0, 0.05) is 59.1 Å². The van der Waals surface area contributed by atoms with E-state index in [1.165, 1.54) is 17.1 Å². The number of benzene rings is 4. The molecule has 0 radical (unpaired) electrons. The normalized spacial score (nSPS) is 20.1. The summed E-state index contributed by atoms with van der Waals surface area (Å²) in [6.07, 6.45) is 8.29. The highest BCUT2D eigenvalue weighted by molar-refractivity contribution is 5.97. The Hall–Kier alpha value is -8.16. The van der Waals surface area contributed by atoms with Crippen LogP contribution in [-0.4, -0.2) is 107 Å². The number of nitrogens with zero attached hydrogens (tertiary/aromatic N) is 3. The Balaban J connectivity index is 0.941. The van der Waals surface area contributed by atoms with E-state index in [-0.39, 0.29) is 45.5 Å². The topological polar surface area (TPSA) is 174 Å². The first-order chi connectivity index (χ1) is 33.2. The van der Waals surface area contributed by atoms with Crippen molar-refractivity contribution in [3.63, 3.8) is 0 Å². The number of amides is 3. The molecular formula is C52H45N5O11. The SMILES string of the molecule is C#CCOc1ccc2[nH]c3c(c2c1)C[C@H](C(=O)OCc1ccc2c4c([nH]c2c1)[C@@H](c1ccc2c(c1)OCO2)N(C(=O)C=C)[C@H](C(=O)N1CCOCC1)C4)N(C(=O)C=C)[C@@H]3c1ccc2c(c1)OCO2. The lowest BCUT2D eigenvalue weighted by atomic mass is 9.87. The molecule has 5 aliphatic heterocycles. The molecule has 1 fully saturated rings. The average molecular weight is 916 g/mol. The summed E-state index contributed by atoms with van der Waals surface area (Å²) in [7, 11) is 0. The molecule has 2 N–H and O–H groups in total. The molecule has 6 aromatic rings. The van der Waals surface area contributed by atoms with Crippen LogP contribution in [0.5, 0.6) is 28.7 Å². The van der Waals surface area contributed by atoms with Crippen LogP contribution in [0.1, 0.15) is 51.3 Å². The fourth-order valence-corrected chi connectivity index (χ4v) is 10.2. The Morgan fingerprint density at radius 1 is 0.706 bits per heavy atom. The zero-order valence-corrected chi connectivity index (χ0v) is 36.8. The number of morpholine rings is 1. The average Bonchev–Trinajstić information content (AvgIpc) is 4.20. The molecule has 68 heavy (non-hydrogen) atoms. The second-order valence-electron chi connectivity index (χ2n) is 17.0. The lowest BCUT2D eigenvalue weighted by Crippen LogP contribution is -2.56. The number of carbonyl (C=O) groups is 4. The largest absolute Gasteiger partial charge is 0.481 e. The second-order valence-corrected chi connectivity index (χ2v) is 17.0. The molecular weight excluding hydrogens is 871 g/mol. The molecule has 0 saturated carbocycles. The van der Waals surface area contributed by atoms with E-state index in [0.717, 1.165) is 44.3 Å². The maximum Gasteiger partial charge on any atom is 0.329 e. The quantitative estimate of drug-likeness (QED) is 0.0970. The number of hydrogen-bond donors (Lipinski definition) is 2. The summed E-state index contributed by atoms with van der Waals surface area (Å²) < 4.78 is 40.2. The van der Waals surface area contributed by atoms with E-state index in [4.69, 9.17) is 39.6 Å². The van der Waals surface area contributed by atoms with Gasteiger partial charge in [-0.05, 0) is 88.5 Å². The molecule has 1 saturated heterocycles. The summed E-state index contributed by atoms with van der Waals surface area (Å²) in [6.45, 7) is 9.33. The smallest absolute Gasteiger partial charge is 0.329 e. The highest BCUT2D eigenvalue weighted by atomic mass is 16.7. The minimum Gasteiger partial charge on any atom is -0.481 e. The van der Waals surface area contributed by atoms with Crippen LogP contribution in [0.15, 0.2) is 98.1 Å². The van der Waals surface area contributed by atoms with Crippen molar-refractivity contribution in [3.8, 4) is 41.1 Å². The highest BCUT2D eigenvalue weighted by Crippen LogP contribution is 2.47. The number of fused-ring (bicyclic) bond motifs is 8. The van der Waals surface area contributed by atoms with E-state index in [2.05, 4.69) is 29.0 Å². The molecule has 344 valence electrons. The lowest BCUT2D eigenvalue weighted by molar-refractivity contribution is -0.157. The molecule has 2 aromatic heterocycles. The van der Waals surface area contributed by atoms with E-state index < -0.39 is 42.0 Å². The Morgan fingerprint density at radius 3 is 1.96 bits per heavy atom. The molecule has 0 unspecified atom stereocenters. The molecule has 11 rings (SSSR count). The molecule has 16 nitrogen and oxygen atoms in total. The van der Waals surface area contributed by atoms with E-state index >= 15 is 0 Å². The van der Waals surface area contributed by atoms with Crippen molar-refractivity contribution in [1.82, 2.24) is 24.7 Å². The Labute approximate surface area is 389 Å². The summed E-state index contributed by atoms with van der Waals surface area (Å²) >= 11 is 0. The zero-order chi connectivity index (χ0) is 46.6. The molecule has 4 aromatic carbocycles. The molecule has 3 amide bonds. The van der Waals surface area contributed by atoms with Gasteiger partial charge in [-0.3, -0.25) is 14.4 Å². The van der Waals surface area contributed by atoms with Gasteiger partial charge in [0.25, 0.3) is 0 Å². The summed E-state index contributed by atoms with van der Waals surface area (Å²) in [5, 5.41) is 1.66. The predicted octanol–water partition coefficient (Wildman–Crippen LogP) is 5.78. The molecule has 5 aliphatic rings. The highest BCUT2D eigenvalue weighted by Gasteiger charge is 2.46. The number of ether oxygens (including phenoxy) is 7. The minimum atomic E-state index is -1.07. The number of nitrogens with one attached hydrogen (secondary N) is 2. The molecule has 0 spiro atoms. The van der Waals surface area contributed by atoms with Gasteiger partial charge in [0.1, 0.15) is 31.0 Å². The van der Waals surface area contributed by atoms with E-state index in [0.29, 0.717) is 71.7 Å². The Morgan fingerprint density at radius 2 is 1.31 bits per heavy atom. The standard InChI is InChI=1S/C52H45N5O11/c1-4-17-63-32-10-12-37-34(23-32)36-25-40(57(46(59)6-3)50(48(36)53-37)31-9-14-42-44(22-31)68-28-66-42)52(61)64-26-29-7-11-33-35-24-39(51(60)55-15-18-62-19-16-55)56(45(58)5-2)49(47(35)54-38(33)20-29)30-8-13-41-43(21-30)67-27-65-41/h1,5-14,20-23,39-40,49-50,53-54H,2-3,15-19,24-28H2/t39-,40+,49+,50+/m0/s1. The van der Waals surface area contributed by atoms with E-state index in [1.54, 1.807) is 21.9 Å². The van der Waals surface area contributed by atoms with Crippen molar-refractivity contribution >= 4 is 45.5 Å². The van der Waals surface area contributed by atoms with Crippen molar-refractivity contribution in [2.45, 2.75) is 43.6 Å². The van der Waals surface area contributed by atoms with Gasteiger partial charge < -0.3 is 57.8 Å². The van der Waals surface area contributed by atoms with Crippen molar-refractivity contribution in [1.29, 1.82) is 0 Å². The van der Waals surface area contributed by atoms with Crippen LogP contribution >= 0.6 is 0 Å². The van der Waals surface area contributed by atoms with E-state index in [1.807, 2.05) is 60.7 Å². The Bertz CT molecular complexity index is 3120. The second kappa shape index (κ2) is 17.2. The van der Waals surface area contributed by atoms with Gasteiger partial charge in [-0.2, -0.15) is 0 Å². The minimum absolute atomic E-state index is 0.0612. The number of H-pyrrole nitrogens is 2. The van der Waals surface area contributed by atoms with Crippen LogP contribution in [-0.2, 0) is 48.1 Å². The van der Waals surface area contributed by atoms with Crippen LogP contribution in [0.4, 0.5) is 0 Å². The summed E-state index contributed by atoms with van der Waals surface area (Å²) in [5.74, 6) is 3.58. The number of aromatic amines is 2. The lowest BCUT2D eigenvalue weighted by Gasteiger charge is -2.43. The first kappa shape index (κ1) is 42.5. The number of rotatable bonds is 10. The zero-order valence-electron chi connectivity index (χ0n) is 36.8. The van der Waals surface area contributed by atoms with Crippen molar-refractivity contribution in [2.75, 3.05) is 46.5 Å². The van der Waals surface area contributed by atoms with Crippen molar-refractivity contribution in [2.24, 2.45) is 0 Å². The monoisotopic (exact) mass is 915 g/mol. The van der Waals surface area contributed by atoms with Crippen LogP contribution in [0.2, 0.25) is 0 Å². The first-order valence-corrected chi connectivity index (χ1v) is 22.3. The summed E-state index contributed by atoms with van der Waals surface area (Å²) in [4.78, 5) is 69.1.